The van der Waals surface area contributed by atoms with Crippen molar-refractivity contribution in [2.24, 2.45) is 0 Å². The largest absolute Gasteiger partial charge is 0.312 e. The zero-order valence-electron chi connectivity index (χ0n) is 58.7. The highest BCUT2D eigenvalue weighted by molar-refractivity contribution is 7.06. The third-order valence-corrected chi connectivity index (χ3v) is 24.2. The lowest BCUT2D eigenvalue weighted by molar-refractivity contribution is 1.06. The summed E-state index contributed by atoms with van der Waals surface area (Å²) in [6, 6.07) is 143. The molecule has 4 aliphatic rings. The van der Waals surface area contributed by atoms with Crippen molar-refractivity contribution < 1.29 is 0 Å². The molecule has 0 aliphatic carbocycles. The average Bonchev–Trinajstić information content (AvgIpc) is 1.43. The Morgan fingerprint density at radius 2 is 0.407 bits per heavy atom. The summed E-state index contributed by atoms with van der Waals surface area (Å²) in [6.45, 7) is -0.438. The molecule has 20 aromatic rings. The summed E-state index contributed by atoms with van der Waals surface area (Å²) in [6.07, 6.45) is 0. The Labute approximate surface area is 625 Å². The number of hydrogen-bond donors (Lipinski definition) is 0. The van der Waals surface area contributed by atoms with Gasteiger partial charge in [-0.15, -0.1) is 0 Å². The molecule has 6 heteroatoms. The second-order valence-corrected chi connectivity index (χ2v) is 29.7. The van der Waals surface area contributed by atoms with Gasteiger partial charge in [-0.3, -0.25) is 0 Å². The van der Waals surface area contributed by atoms with Crippen LogP contribution in [0, 0.1) is 0 Å². The first-order valence-corrected chi connectivity index (χ1v) is 37.7. The van der Waals surface area contributed by atoms with Gasteiger partial charge in [0, 0.05) is 49.4 Å². The SMILES string of the molecule is c1ccc(-c2ccc3c(c2)c2cc(-c4ccccc4)ccc2n3-c2c3c4c(c(-n5c6ccc(-c7ccccc7)cc6c6cc(-c7ccccc7)ccc65)c2-n2c5ccc(-c6ccccc6)cc5c5cc(-c6ccccc6)ccc52)B2c5ccccc5-c5cccc(c52)N4c2cccc4c2B3c2ccccc2-4)cc1. The van der Waals surface area contributed by atoms with E-state index in [2.05, 4.69) is 395 Å². The van der Waals surface area contributed by atoms with Crippen LogP contribution in [-0.2, 0) is 0 Å². The van der Waals surface area contributed by atoms with Gasteiger partial charge in [0.25, 0.3) is 13.4 Å². The molecule has 4 nitrogen and oxygen atoms in total. The fourth-order valence-corrected chi connectivity index (χ4v) is 19.7. The summed E-state index contributed by atoms with van der Waals surface area (Å²) < 4.78 is 8.27. The van der Waals surface area contributed by atoms with Crippen LogP contribution in [0.25, 0.3) is 171 Å². The first-order chi connectivity index (χ1) is 53.6. The van der Waals surface area contributed by atoms with E-state index in [9.17, 15) is 0 Å². The Balaban J connectivity index is 0.978. The van der Waals surface area contributed by atoms with Gasteiger partial charge in [0.1, 0.15) is 0 Å². The number of nitrogens with zero attached hydrogens (tertiary/aromatic N) is 4. The number of benzene rings is 17. The molecule has 0 saturated heterocycles. The number of hydrogen-bond acceptors (Lipinski definition) is 1. The van der Waals surface area contributed by atoms with Crippen LogP contribution < -0.4 is 37.7 Å². The van der Waals surface area contributed by atoms with Crippen LogP contribution in [0.4, 0.5) is 17.1 Å². The van der Waals surface area contributed by atoms with E-state index in [1.54, 1.807) is 0 Å². The Bertz CT molecular complexity index is 6600. The minimum absolute atomic E-state index is 0.219. The quantitative estimate of drug-likeness (QED) is 0.132. The van der Waals surface area contributed by atoms with E-state index in [-0.39, 0.29) is 13.4 Å². The van der Waals surface area contributed by atoms with E-state index < -0.39 is 0 Å². The maximum Gasteiger partial charge on any atom is 0.251 e. The van der Waals surface area contributed by atoms with Gasteiger partial charge in [0.05, 0.1) is 50.2 Å². The predicted octanol–water partition coefficient (Wildman–Crippen LogP) is 22.1. The van der Waals surface area contributed by atoms with Crippen molar-refractivity contribution in [3.8, 4) is 106 Å². The van der Waals surface area contributed by atoms with Gasteiger partial charge >= 0.3 is 0 Å². The van der Waals surface area contributed by atoms with Crippen molar-refractivity contribution >= 4 is 129 Å². The van der Waals surface area contributed by atoms with Gasteiger partial charge < -0.3 is 18.6 Å². The molecule has 24 rings (SSSR count). The van der Waals surface area contributed by atoms with Gasteiger partial charge in [-0.05, 0) is 196 Å². The topological polar surface area (TPSA) is 18.0 Å². The molecule has 0 atom stereocenters. The van der Waals surface area contributed by atoms with Crippen molar-refractivity contribution in [2.75, 3.05) is 4.90 Å². The van der Waals surface area contributed by atoms with Crippen LogP contribution >= 0.6 is 0 Å². The monoisotopic (exact) mass is 1360 g/mol. The Morgan fingerprint density at radius 3 is 0.685 bits per heavy atom. The van der Waals surface area contributed by atoms with Gasteiger partial charge in [0.15, 0.2) is 0 Å². The molecule has 496 valence electrons. The second-order valence-electron chi connectivity index (χ2n) is 29.7. The zero-order chi connectivity index (χ0) is 70.4. The molecule has 4 aliphatic heterocycles. The number of aromatic nitrogens is 3. The minimum atomic E-state index is -0.219. The summed E-state index contributed by atoms with van der Waals surface area (Å²) in [5.74, 6) is 0. The lowest BCUT2D eigenvalue weighted by atomic mass is 9.31. The summed E-state index contributed by atoms with van der Waals surface area (Å²) in [7, 11) is 0. The third-order valence-electron chi connectivity index (χ3n) is 24.2. The van der Waals surface area contributed by atoms with E-state index in [0.29, 0.717) is 0 Å². The molecule has 3 aromatic heterocycles. The highest BCUT2D eigenvalue weighted by Crippen LogP contribution is 2.52. The highest BCUT2D eigenvalue weighted by Gasteiger charge is 2.53. The minimum Gasteiger partial charge on any atom is -0.312 e. The first-order valence-electron chi connectivity index (χ1n) is 37.7. The number of fused-ring (bicyclic) bond motifs is 19. The second kappa shape index (κ2) is 22.8. The Hall–Kier alpha value is -13.9. The van der Waals surface area contributed by atoms with Crippen molar-refractivity contribution in [1.29, 1.82) is 0 Å². The predicted molar refractivity (Wildman–Crippen MR) is 457 cm³/mol. The molecule has 17 aromatic carbocycles. The Kier molecular flexibility index (Phi) is 12.5. The summed E-state index contributed by atoms with van der Waals surface area (Å²) in [4.78, 5) is 2.76. The molecule has 7 heterocycles. The van der Waals surface area contributed by atoms with Crippen LogP contribution in [0.2, 0.25) is 0 Å². The first kappa shape index (κ1) is 59.5. The molecule has 0 spiro atoms. The summed E-state index contributed by atoms with van der Waals surface area (Å²) in [5.41, 5.74) is 40.8. The van der Waals surface area contributed by atoms with E-state index in [1.165, 1.54) is 171 Å². The van der Waals surface area contributed by atoms with Crippen molar-refractivity contribution in [1.82, 2.24) is 13.7 Å². The lowest BCUT2D eigenvalue weighted by Gasteiger charge is -2.45. The lowest BCUT2D eigenvalue weighted by Crippen LogP contribution is -2.64. The summed E-state index contributed by atoms with van der Waals surface area (Å²) in [5, 5.41) is 7.09. The normalized spacial score (nSPS) is 12.8. The molecular formula is C102H62B2N4. The maximum atomic E-state index is 2.76. The van der Waals surface area contributed by atoms with E-state index in [1.807, 2.05) is 0 Å². The third kappa shape index (κ3) is 8.37. The van der Waals surface area contributed by atoms with Crippen LogP contribution in [0.5, 0.6) is 0 Å². The van der Waals surface area contributed by atoms with Gasteiger partial charge in [-0.1, -0.05) is 302 Å². The standard InChI is InChI=1S/C102H62B2N4/c1-7-25-63(26-8-1)69-45-51-87-79(57-69)80-58-70(64-27-9-2-10-28-64)46-52-88(80)105(87)100-97-99-98(104-86-42-22-20-38-76(86)78-40-24-44-94(96(78)104)108(99)93-43-23-39-77-75-37-19-21-41-85(75)103(97)95(77)93)101(106-89-53-47-71(65-29-11-3-12-30-65)59-81(89)82-60-72(48-54-90(82)106)66-31-13-4-14-32-66)102(100)107-91-55-49-73(67-33-15-5-16-34-67)61-83(91)84-62-74(50-56-92(84)107)68-35-17-6-18-36-68/h1-62H. The van der Waals surface area contributed by atoms with Crippen molar-refractivity contribution in [3.05, 3.63) is 376 Å². The number of anilines is 3. The van der Waals surface area contributed by atoms with Crippen LogP contribution in [0.3, 0.4) is 0 Å². The Morgan fingerprint density at radius 1 is 0.167 bits per heavy atom. The maximum absolute atomic E-state index is 2.76. The molecule has 0 amide bonds. The summed E-state index contributed by atoms with van der Waals surface area (Å²) >= 11 is 0. The number of rotatable bonds is 9. The van der Waals surface area contributed by atoms with E-state index in [0.717, 1.165) is 50.2 Å². The highest BCUT2D eigenvalue weighted by atomic mass is 15.2. The molecule has 0 radical (unpaired) electrons. The van der Waals surface area contributed by atoms with Crippen LogP contribution in [-0.4, -0.2) is 27.1 Å². The molecule has 0 unspecified atom stereocenters. The van der Waals surface area contributed by atoms with Gasteiger partial charge in [0.2, 0.25) is 0 Å². The average molecular weight is 1370 g/mol. The van der Waals surface area contributed by atoms with Crippen LogP contribution in [0.15, 0.2) is 376 Å². The van der Waals surface area contributed by atoms with Crippen molar-refractivity contribution in [3.63, 3.8) is 0 Å². The van der Waals surface area contributed by atoms with Gasteiger partial charge in [-0.25, -0.2) is 0 Å². The fraction of sp³-hybridized carbons (Fsp3) is 0. The smallest absolute Gasteiger partial charge is 0.251 e. The molecule has 0 N–H and O–H groups in total. The molecule has 0 saturated carbocycles. The molecule has 108 heavy (non-hydrogen) atoms. The van der Waals surface area contributed by atoms with Gasteiger partial charge in [-0.2, -0.15) is 0 Å². The molecule has 0 fully saturated rings. The van der Waals surface area contributed by atoms with E-state index in [4.69, 9.17) is 0 Å². The fourth-order valence-electron chi connectivity index (χ4n) is 19.7. The molecular weight excluding hydrogens is 1300 g/mol. The zero-order valence-corrected chi connectivity index (χ0v) is 58.7. The van der Waals surface area contributed by atoms with E-state index >= 15 is 0 Å². The van der Waals surface area contributed by atoms with Crippen LogP contribution in [0.1, 0.15) is 0 Å². The molecule has 0 bridgehead atoms. The van der Waals surface area contributed by atoms with Crippen molar-refractivity contribution in [2.45, 2.75) is 0 Å².